The first-order valence-corrected chi connectivity index (χ1v) is 8.21. The number of ether oxygens (including phenoxy) is 1. The van der Waals surface area contributed by atoms with Crippen molar-refractivity contribution in [2.24, 2.45) is 5.14 Å². The molecule has 0 unspecified atom stereocenters. The molecule has 114 valence electrons. The average molecular weight is 300 g/mol. The van der Waals surface area contributed by atoms with Crippen LogP contribution in [-0.2, 0) is 14.8 Å². The zero-order valence-electron chi connectivity index (χ0n) is 12.5. The molecule has 0 fully saturated rings. The molecule has 2 N–H and O–H groups in total. The van der Waals surface area contributed by atoms with E-state index in [-0.39, 0.29) is 17.0 Å². The molecular formula is C14H24N2O3S. The number of nitrogens with two attached hydrogens (primary N) is 1. The Kier molecular flexibility index (Phi) is 6.13. The van der Waals surface area contributed by atoms with Crippen molar-refractivity contribution >= 4 is 10.0 Å². The predicted octanol–water partition coefficient (Wildman–Crippen LogP) is 1.75. The first-order chi connectivity index (χ1) is 9.21. The predicted molar refractivity (Wildman–Crippen MR) is 79.9 cm³/mol. The summed E-state index contributed by atoms with van der Waals surface area (Å²) in [6.07, 6.45) is 0.229. The van der Waals surface area contributed by atoms with Crippen molar-refractivity contribution in [3.63, 3.8) is 0 Å². The van der Waals surface area contributed by atoms with Gasteiger partial charge in [0.15, 0.2) is 0 Å². The average Bonchev–Trinajstić information content (AvgIpc) is 2.36. The Bertz CT molecular complexity index is 512. The molecule has 0 saturated heterocycles. The number of benzene rings is 1. The molecule has 0 aliphatic carbocycles. The van der Waals surface area contributed by atoms with Crippen molar-refractivity contribution in [3.8, 4) is 0 Å². The SMILES string of the molecule is CC(C)OCCN(C)[C@H](C)c1ccc(S(N)(=O)=O)cc1. The van der Waals surface area contributed by atoms with Crippen molar-refractivity contribution in [1.29, 1.82) is 0 Å². The summed E-state index contributed by atoms with van der Waals surface area (Å²) in [7, 11) is -1.61. The number of primary sulfonamides is 1. The van der Waals surface area contributed by atoms with Gasteiger partial charge in [0, 0.05) is 12.6 Å². The highest BCUT2D eigenvalue weighted by molar-refractivity contribution is 7.89. The van der Waals surface area contributed by atoms with E-state index in [1.165, 1.54) is 0 Å². The third-order valence-electron chi connectivity index (χ3n) is 3.25. The highest BCUT2D eigenvalue weighted by Gasteiger charge is 2.13. The van der Waals surface area contributed by atoms with Gasteiger partial charge in [-0.3, -0.25) is 4.90 Å². The van der Waals surface area contributed by atoms with E-state index < -0.39 is 10.0 Å². The van der Waals surface area contributed by atoms with Gasteiger partial charge in [0.25, 0.3) is 0 Å². The van der Waals surface area contributed by atoms with E-state index in [4.69, 9.17) is 9.88 Å². The number of sulfonamides is 1. The van der Waals surface area contributed by atoms with Crippen LogP contribution in [-0.4, -0.2) is 39.6 Å². The van der Waals surface area contributed by atoms with Crippen molar-refractivity contribution in [3.05, 3.63) is 29.8 Å². The molecule has 1 atom stereocenters. The first kappa shape index (κ1) is 17.1. The monoisotopic (exact) mass is 300 g/mol. The molecule has 0 amide bonds. The Morgan fingerprint density at radius 3 is 2.20 bits per heavy atom. The molecule has 0 spiro atoms. The van der Waals surface area contributed by atoms with Gasteiger partial charge in [-0.2, -0.15) is 0 Å². The molecule has 0 aliphatic rings. The van der Waals surface area contributed by atoms with Crippen molar-refractivity contribution in [2.45, 2.75) is 37.8 Å². The fourth-order valence-electron chi connectivity index (χ4n) is 1.82. The Labute approximate surface area is 121 Å². The first-order valence-electron chi connectivity index (χ1n) is 6.66. The third-order valence-corrected chi connectivity index (χ3v) is 4.18. The minimum absolute atomic E-state index is 0.138. The Morgan fingerprint density at radius 2 is 1.75 bits per heavy atom. The topological polar surface area (TPSA) is 72.6 Å². The largest absolute Gasteiger partial charge is 0.377 e. The van der Waals surface area contributed by atoms with Crippen LogP contribution in [0.1, 0.15) is 32.4 Å². The van der Waals surface area contributed by atoms with Gasteiger partial charge in [-0.15, -0.1) is 0 Å². The summed E-state index contributed by atoms with van der Waals surface area (Å²) in [5.41, 5.74) is 1.05. The van der Waals surface area contributed by atoms with Gasteiger partial charge in [-0.05, 0) is 45.5 Å². The Balaban J connectivity index is 2.65. The zero-order valence-corrected chi connectivity index (χ0v) is 13.4. The number of nitrogens with zero attached hydrogens (tertiary/aromatic N) is 1. The fraction of sp³-hybridized carbons (Fsp3) is 0.571. The maximum Gasteiger partial charge on any atom is 0.238 e. The van der Waals surface area contributed by atoms with Crippen LogP contribution in [0.15, 0.2) is 29.2 Å². The van der Waals surface area contributed by atoms with Gasteiger partial charge < -0.3 is 4.74 Å². The molecule has 0 saturated carbocycles. The quantitative estimate of drug-likeness (QED) is 0.832. The number of hydrogen-bond donors (Lipinski definition) is 1. The molecule has 1 aromatic carbocycles. The molecule has 5 nitrogen and oxygen atoms in total. The van der Waals surface area contributed by atoms with E-state index in [2.05, 4.69) is 11.8 Å². The van der Waals surface area contributed by atoms with Crippen molar-refractivity contribution in [2.75, 3.05) is 20.2 Å². The second-order valence-corrected chi connectivity index (χ2v) is 6.75. The fourth-order valence-corrected chi connectivity index (χ4v) is 2.33. The van der Waals surface area contributed by atoms with Gasteiger partial charge >= 0.3 is 0 Å². The Hall–Kier alpha value is -0.950. The van der Waals surface area contributed by atoms with E-state index >= 15 is 0 Å². The normalized spacial score (nSPS) is 13.9. The van der Waals surface area contributed by atoms with E-state index in [0.29, 0.717) is 6.61 Å². The van der Waals surface area contributed by atoms with Crippen molar-refractivity contribution in [1.82, 2.24) is 4.90 Å². The van der Waals surface area contributed by atoms with Gasteiger partial charge in [0.1, 0.15) is 0 Å². The lowest BCUT2D eigenvalue weighted by Gasteiger charge is -2.25. The molecule has 0 aromatic heterocycles. The van der Waals surface area contributed by atoms with Crippen LogP contribution in [0.3, 0.4) is 0 Å². The lowest BCUT2D eigenvalue weighted by Crippen LogP contribution is -2.27. The molecular weight excluding hydrogens is 276 g/mol. The lowest BCUT2D eigenvalue weighted by molar-refractivity contribution is 0.0573. The van der Waals surface area contributed by atoms with E-state index in [1.54, 1.807) is 24.3 Å². The standard InChI is InChI=1S/C14H24N2O3S/c1-11(2)19-10-9-16(4)12(3)13-5-7-14(8-6-13)20(15,17)18/h5-8,11-12H,9-10H2,1-4H3,(H2,15,17,18)/t12-/m1/s1. The van der Waals surface area contributed by atoms with Crippen LogP contribution in [0.5, 0.6) is 0 Å². The van der Waals surface area contributed by atoms with E-state index in [9.17, 15) is 8.42 Å². The van der Waals surface area contributed by atoms with E-state index in [1.807, 2.05) is 20.9 Å². The second kappa shape index (κ2) is 7.17. The molecule has 0 bridgehead atoms. The van der Waals surface area contributed by atoms with Crippen LogP contribution in [0, 0.1) is 0 Å². The molecule has 0 aliphatic heterocycles. The summed E-state index contributed by atoms with van der Waals surface area (Å²) in [4.78, 5) is 2.30. The summed E-state index contributed by atoms with van der Waals surface area (Å²) in [5.74, 6) is 0. The molecule has 1 aromatic rings. The molecule has 0 radical (unpaired) electrons. The van der Waals surface area contributed by atoms with Gasteiger partial charge in [0.2, 0.25) is 10.0 Å². The molecule has 20 heavy (non-hydrogen) atoms. The summed E-state index contributed by atoms with van der Waals surface area (Å²) < 4.78 is 27.9. The van der Waals surface area contributed by atoms with E-state index in [0.717, 1.165) is 12.1 Å². The van der Waals surface area contributed by atoms with Crippen LogP contribution in [0.2, 0.25) is 0 Å². The van der Waals surface area contributed by atoms with Crippen LogP contribution in [0.4, 0.5) is 0 Å². The summed E-state index contributed by atoms with van der Waals surface area (Å²) in [6, 6.07) is 6.86. The highest BCUT2D eigenvalue weighted by Crippen LogP contribution is 2.20. The van der Waals surface area contributed by atoms with Gasteiger partial charge in [-0.1, -0.05) is 12.1 Å². The number of likely N-dealkylation sites (N-methyl/N-ethyl adjacent to an activating group) is 1. The summed E-state index contributed by atoms with van der Waals surface area (Å²) >= 11 is 0. The van der Waals surface area contributed by atoms with Crippen LogP contribution in [0.25, 0.3) is 0 Å². The zero-order chi connectivity index (χ0) is 15.3. The number of hydrogen-bond acceptors (Lipinski definition) is 4. The Morgan fingerprint density at radius 1 is 1.20 bits per heavy atom. The van der Waals surface area contributed by atoms with Gasteiger partial charge in [0.05, 0.1) is 17.6 Å². The molecule has 0 heterocycles. The smallest absolute Gasteiger partial charge is 0.238 e. The van der Waals surface area contributed by atoms with Crippen molar-refractivity contribution < 1.29 is 13.2 Å². The minimum Gasteiger partial charge on any atom is -0.377 e. The second-order valence-electron chi connectivity index (χ2n) is 5.19. The molecule has 1 rings (SSSR count). The highest BCUT2D eigenvalue weighted by atomic mass is 32.2. The van der Waals surface area contributed by atoms with Crippen LogP contribution < -0.4 is 5.14 Å². The third kappa shape index (κ3) is 5.20. The van der Waals surface area contributed by atoms with Gasteiger partial charge in [-0.25, -0.2) is 13.6 Å². The summed E-state index contributed by atoms with van der Waals surface area (Å²) in [6.45, 7) is 7.58. The number of rotatable bonds is 7. The van der Waals surface area contributed by atoms with Crippen LogP contribution >= 0.6 is 0 Å². The lowest BCUT2D eigenvalue weighted by atomic mass is 10.1. The molecule has 6 heteroatoms. The maximum atomic E-state index is 11.2. The summed E-state index contributed by atoms with van der Waals surface area (Å²) in [5, 5.41) is 5.08. The minimum atomic E-state index is -3.62. The maximum absolute atomic E-state index is 11.2.